The molecule has 0 aliphatic rings. The Kier molecular flexibility index (Phi) is 5.82. The fraction of sp³-hybridized carbons (Fsp3) is 0.174. The molecular formula is C23H23NO2. The van der Waals surface area contributed by atoms with Gasteiger partial charge in [-0.3, -0.25) is 10.0 Å². The van der Waals surface area contributed by atoms with Gasteiger partial charge in [-0.15, -0.1) is 0 Å². The van der Waals surface area contributed by atoms with Crippen molar-refractivity contribution in [3.63, 3.8) is 0 Å². The van der Waals surface area contributed by atoms with Gasteiger partial charge in [0.25, 0.3) is 5.91 Å². The van der Waals surface area contributed by atoms with Crippen LogP contribution in [0.25, 0.3) is 11.1 Å². The van der Waals surface area contributed by atoms with Crippen molar-refractivity contribution in [1.29, 1.82) is 0 Å². The minimum atomic E-state index is -0.555. The molecule has 3 heteroatoms. The molecule has 0 bridgehead atoms. The average molecular weight is 345 g/mol. The second kappa shape index (κ2) is 8.45. The van der Waals surface area contributed by atoms with Gasteiger partial charge in [-0.05, 0) is 34.2 Å². The standard InChI is InChI=1S/C23H23NO2/c1-2-7-17-12-14-18(15-13-17)20-10-6-11-21(16-20)22(23(25)24-26)19-8-4-3-5-9-19/h3-6,8-16,22,26H,2,7H2,1H3,(H,24,25). The van der Waals surface area contributed by atoms with E-state index in [4.69, 9.17) is 0 Å². The Bertz CT molecular complexity index is 857. The molecule has 132 valence electrons. The van der Waals surface area contributed by atoms with Gasteiger partial charge in [0, 0.05) is 0 Å². The number of hydrogen-bond acceptors (Lipinski definition) is 2. The Balaban J connectivity index is 1.97. The van der Waals surface area contributed by atoms with E-state index in [2.05, 4.69) is 31.2 Å². The first kappa shape index (κ1) is 17.9. The Hall–Kier alpha value is -2.91. The summed E-state index contributed by atoms with van der Waals surface area (Å²) < 4.78 is 0. The minimum Gasteiger partial charge on any atom is -0.289 e. The molecule has 0 radical (unpaired) electrons. The van der Waals surface area contributed by atoms with Crippen LogP contribution in [0.5, 0.6) is 0 Å². The smallest absolute Gasteiger partial charge is 0.255 e. The summed E-state index contributed by atoms with van der Waals surface area (Å²) >= 11 is 0. The number of rotatable bonds is 6. The number of carbonyl (C=O) groups is 1. The van der Waals surface area contributed by atoms with Crippen LogP contribution in [0.15, 0.2) is 78.9 Å². The van der Waals surface area contributed by atoms with E-state index >= 15 is 0 Å². The number of benzene rings is 3. The van der Waals surface area contributed by atoms with E-state index in [0.29, 0.717) is 0 Å². The second-order valence-corrected chi connectivity index (χ2v) is 6.39. The maximum absolute atomic E-state index is 12.3. The SMILES string of the molecule is CCCc1ccc(-c2cccc(C(C(=O)NO)c3ccccc3)c2)cc1. The number of hydrogen-bond donors (Lipinski definition) is 2. The Morgan fingerprint density at radius 2 is 1.58 bits per heavy atom. The quantitative estimate of drug-likeness (QED) is 0.491. The van der Waals surface area contributed by atoms with Gasteiger partial charge in [0.05, 0.1) is 5.92 Å². The summed E-state index contributed by atoms with van der Waals surface area (Å²) in [6.07, 6.45) is 2.21. The molecule has 0 aromatic heterocycles. The predicted molar refractivity (Wildman–Crippen MR) is 104 cm³/mol. The van der Waals surface area contributed by atoms with E-state index in [1.54, 1.807) is 5.48 Å². The van der Waals surface area contributed by atoms with Crippen molar-refractivity contribution < 1.29 is 10.0 Å². The molecule has 0 heterocycles. The zero-order valence-corrected chi connectivity index (χ0v) is 14.9. The van der Waals surface area contributed by atoms with Gasteiger partial charge in [0.15, 0.2) is 0 Å². The van der Waals surface area contributed by atoms with Crippen molar-refractivity contribution in [1.82, 2.24) is 5.48 Å². The average Bonchev–Trinajstić information content (AvgIpc) is 2.70. The number of carbonyl (C=O) groups excluding carboxylic acids is 1. The summed E-state index contributed by atoms with van der Waals surface area (Å²) in [5.74, 6) is -0.993. The van der Waals surface area contributed by atoms with E-state index in [1.165, 1.54) is 5.56 Å². The predicted octanol–water partition coefficient (Wildman–Crippen LogP) is 4.94. The van der Waals surface area contributed by atoms with E-state index in [0.717, 1.165) is 35.1 Å². The molecule has 26 heavy (non-hydrogen) atoms. The van der Waals surface area contributed by atoms with Gasteiger partial charge >= 0.3 is 0 Å². The van der Waals surface area contributed by atoms with Crippen LogP contribution in [0.4, 0.5) is 0 Å². The molecule has 0 saturated heterocycles. The first-order valence-electron chi connectivity index (χ1n) is 8.91. The lowest BCUT2D eigenvalue weighted by Gasteiger charge is -2.17. The van der Waals surface area contributed by atoms with Crippen LogP contribution in [0, 0.1) is 0 Å². The Labute approximate surface area is 154 Å². The van der Waals surface area contributed by atoms with Crippen molar-refractivity contribution in [2.75, 3.05) is 0 Å². The summed E-state index contributed by atoms with van der Waals surface area (Å²) in [6.45, 7) is 2.17. The fourth-order valence-corrected chi connectivity index (χ4v) is 3.26. The molecule has 3 aromatic carbocycles. The van der Waals surface area contributed by atoms with Gasteiger partial charge < -0.3 is 0 Å². The lowest BCUT2D eigenvalue weighted by atomic mass is 9.88. The summed E-state index contributed by atoms with van der Waals surface area (Å²) in [5.41, 5.74) is 6.99. The molecular weight excluding hydrogens is 322 g/mol. The van der Waals surface area contributed by atoms with E-state index in [1.807, 2.05) is 54.6 Å². The molecule has 0 aliphatic heterocycles. The molecule has 2 N–H and O–H groups in total. The van der Waals surface area contributed by atoms with Crippen LogP contribution >= 0.6 is 0 Å². The largest absolute Gasteiger partial charge is 0.289 e. The zero-order chi connectivity index (χ0) is 18.4. The number of amides is 1. The first-order valence-corrected chi connectivity index (χ1v) is 8.91. The number of hydroxylamine groups is 1. The topological polar surface area (TPSA) is 49.3 Å². The van der Waals surface area contributed by atoms with Crippen LogP contribution in [0.2, 0.25) is 0 Å². The third kappa shape index (κ3) is 4.01. The van der Waals surface area contributed by atoms with Gasteiger partial charge in [0.1, 0.15) is 0 Å². The Morgan fingerprint density at radius 3 is 2.23 bits per heavy atom. The van der Waals surface area contributed by atoms with Crippen LogP contribution in [-0.4, -0.2) is 11.1 Å². The normalized spacial score (nSPS) is 11.8. The van der Waals surface area contributed by atoms with Crippen molar-refractivity contribution in [3.05, 3.63) is 95.6 Å². The maximum atomic E-state index is 12.3. The highest BCUT2D eigenvalue weighted by Gasteiger charge is 2.22. The third-order valence-corrected chi connectivity index (χ3v) is 4.55. The highest BCUT2D eigenvalue weighted by Crippen LogP contribution is 2.29. The molecule has 1 amide bonds. The fourth-order valence-electron chi connectivity index (χ4n) is 3.26. The molecule has 0 aliphatic carbocycles. The van der Waals surface area contributed by atoms with Crippen molar-refractivity contribution in [2.24, 2.45) is 0 Å². The third-order valence-electron chi connectivity index (χ3n) is 4.55. The highest BCUT2D eigenvalue weighted by molar-refractivity contribution is 5.86. The minimum absolute atomic E-state index is 0.438. The summed E-state index contributed by atoms with van der Waals surface area (Å²) in [7, 11) is 0. The van der Waals surface area contributed by atoms with Gasteiger partial charge in [0.2, 0.25) is 0 Å². The van der Waals surface area contributed by atoms with Gasteiger partial charge in [-0.25, -0.2) is 5.48 Å². The summed E-state index contributed by atoms with van der Waals surface area (Å²) in [5, 5.41) is 9.20. The van der Waals surface area contributed by atoms with Gasteiger partial charge in [-0.2, -0.15) is 0 Å². The first-order chi connectivity index (χ1) is 12.7. The van der Waals surface area contributed by atoms with Crippen LogP contribution in [-0.2, 0) is 11.2 Å². The zero-order valence-electron chi connectivity index (χ0n) is 14.9. The highest BCUT2D eigenvalue weighted by atomic mass is 16.5. The van der Waals surface area contributed by atoms with Gasteiger partial charge in [-0.1, -0.05) is 92.2 Å². The van der Waals surface area contributed by atoms with Crippen molar-refractivity contribution >= 4 is 5.91 Å². The van der Waals surface area contributed by atoms with E-state index < -0.39 is 11.8 Å². The molecule has 1 unspecified atom stereocenters. The van der Waals surface area contributed by atoms with Crippen LogP contribution < -0.4 is 5.48 Å². The molecule has 0 saturated carbocycles. The molecule has 0 spiro atoms. The lowest BCUT2D eigenvalue weighted by molar-refractivity contribution is -0.129. The lowest BCUT2D eigenvalue weighted by Crippen LogP contribution is -2.27. The molecule has 1 atom stereocenters. The molecule has 0 fully saturated rings. The second-order valence-electron chi connectivity index (χ2n) is 6.39. The van der Waals surface area contributed by atoms with Crippen LogP contribution in [0.1, 0.15) is 36.0 Å². The maximum Gasteiger partial charge on any atom is 0.255 e. The Morgan fingerprint density at radius 1 is 0.885 bits per heavy atom. The van der Waals surface area contributed by atoms with Crippen LogP contribution in [0.3, 0.4) is 0 Å². The molecule has 3 aromatic rings. The monoisotopic (exact) mass is 345 g/mol. The summed E-state index contributed by atoms with van der Waals surface area (Å²) in [6, 6.07) is 25.9. The number of aryl methyl sites for hydroxylation is 1. The van der Waals surface area contributed by atoms with E-state index in [9.17, 15) is 10.0 Å². The van der Waals surface area contributed by atoms with Crippen molar-refractivity contribution in [2.45, 2.75) is 25.7 Å². The molecule has 3 nitrogen and oxygen atoms in total. The summed E-state index contributed by atoms with van der Waals surface area (Å²) in [4.78, 5) is 12.3. The van der Waals surface area contributed by atoms with Crippen molar-refractivity contribution in [3.8, 4) is 11.1 Å². The molecule has 3 rings (SSSR count). The van der Waals surface area contributed by atoms with E-state index in [-0.39, 0.29) is 0 Å². The number of nitrogens with one attached hydrogen (secondary N) is 1.